The highest BCUT2D eigenvalue weighted by atomic mass is 35.5. The number of carbonyl (C=O) groups is 2. The largest absolute Gasteiger partial charge is 0.481 e. The summed E-state index contributed by atoms with van der Waals surface area (Å²) in [5.41, 5.74) is 5.15. The molecular formula is C7H16ClNO4. The number of hydrogen-bond donors (Lipinski definition) is 2. The molecule has 0 radical (unpaired) electrons. The van der Waals surface area contributed by atoms with Crippen LogP contribution in [0.2, 0.25) is 0 Å². The van der Waals surface area contributed by atoms with E-state index in [2.05, 4.69) is 4.74 Å². The van der Waals surface area contributed by atoms with Crippen molar-refractivity contribution in [3.8, 4) is 0 Å². The second-order valence-electron chi connectivity index (χ2n) is 2.06. The summed E-state index contributed by atoms with van der Waals surface area (Å²) in [6.07, 6.45) is 0. The predicted molar refractivity (Wildman–Crippen MR) is 50.8 cm³/mol. The third-order valence-electron chi connectivity index (χ3n) is 0.658. The summed E-state index contributed by atoms with van der Waals surface area (Å²) in [6.45, 7) is 4.83. The summed E-state index contributed by atoms with van der Waals surface area (Å²) < 4.78 is 4.54. The van der Waals surface area contributed by atoms with Crippen molar-refractivity contribution in [2.75, 3.05) is 6.61 Å². The minimum atomic E-state index is -0.833. The molecule has 80 valence electrons. The molecule has 3 N–H and O–H groups in total. The molecule has 0 aromatic heterocycles. The molecule has 0 aliphatic heterocycles. The highest BCUT2D eigenvalue weighted by Crippen LogP contribution is 1.80. The minimum Gasteiger partial charge on any atom is -0.481 e. The fourth-order valence-corrected chi connectivity index (χ4v) is 0.274. The van der Waals surface area contributed by atoms with Gasteiger partial charge >= 0.3 is 5.97 Å². The number of aliphatic carboxylic acids is 1. The van der Waals surface area contributed by atoms with Crippen LogP contribution >= 0.6 is 12.4 Å². The Morgan fingerprint density at radius 2 is 1.85 bits per heavy atom. The van der Waals surface area contributed by atoms with Gasteiger partial charge in [0.1, 0.15) is 6.04 Å². The van der Waals surface area contributed by atoms with Gasteiger partial charge < -0.3 is 15.6 Å². The summed E-state index contributed by atoms with van der Waals surface area (Å²) in [4.78, 5) is 19.4. The third-order valence-corrected chi connectivity index (χ3v) is 0.658. The second-order valence-corrected chi connectivity index (χ2v) is 2.06. The second kappa shape index (κ2) is 11.2. The number of carboxylic acid groups (broad SMARTS) is 1. The van der Waals surface area contributed by atoms with E-state index in [0.29, 0.717) is 6.61 Å². The Bertz CT molecular complexity index is 145. The van der Waals surface area contributed by atoms with Crippen LogP contribution in [0.4, 0.5) is 0 Å². The van der Waals surface area contributed by atoms with Crippen molar-refractivity contribution in [1.82, 2.24) is 0 Å². The first-order valence-corrected chi connectivity index (χ1v) is 3.53. The molecule has 0 heterocycles. The van der Waals surface area contributed by atoms with Crippen LogP contribution in [0.15, 0.2) is 0 Å². The van der Waals surface area contributed by atoms with Crippen LogP contribution in [-0.2, 0) is 14.3 Å². The molecule has 0 rings (SSSR count). The van der Waals surface area contributed by atoms with Crippen LogP contribution < -0.4 is 5.73 Å². The zero-order valence-corrected chi connectivity index (χ0v) is 8.76. The molecule has 0 aliphatic carbocycles. The van der Waals surface area contributed by atoms with Crippen LogP contribution in [0.25, 0.3) is 0 Å². The van der Waals surface area contributed by atoms with Crippen molar-refractivity contribution in [3.05, 3.63) is 0 Å². The van der Waals surface area contributed by atoms with Crippen molar-refractivity contribution >= 4 is 24.3 Å². The van der Waals surface area contributed by atoms with Gasteiger partial charge in [0.05, 0.1) is 6.61 Å². The molecule has 0 aromatic carbocycles. The number of carboxylic acids is 1. The van der Waals surface area contributed by atoms with Crippen molar-refractivity contribution in [2.24, 2.45) is 5.73 Å². The monoisotopic (exact) mass is 213 g/mol. The van der Waals surface area contributed by atoms with Gasteiger partial charge in [-0.25, -0.2) is 0 Å². The smallest absolute Gasteiger partial charge is 0.322 e. The topological polar surface area (TPSA) is 89.6 Å². The van der Waals surface area contributed by atoms with E-state index in [0.717, 1.165) is 6.92 Å². The maximum atomic E-state index is 10.4. The van der Waals surface area contributed by atoms with Gasteiger partial charge in [-0.15, -0.1) is 12.4 Å². The minimum absolute atomic E-state index is 0. The normalized spacial score (nSPS) is 9.85. The molecule has 6 heteroatoms. The van der Waals surface area contributed by atoms with Crippen molar-refractivity contribution < 1.29 is 19.4 Å². The van der Waals surface area contributed by atoms with E-state index in [1.54, 1.807) is 13.8 Å². The maximum Gasteiger partial charge on any atom is 0.322 e. The molecule has 0 saturated heterocycles. The van der Waals surface area contributed by atoms with Gasteiger partial charge in [-0.1, -0.05) is 0 Å². The Balaban J connectivity index is -0.000000173. The van der Waals surface area contributed by atoms with E-state index in [9.17, 15) is 4.79 Å². The lowest BCUT2D eigenvalue weighted by Gasteiger charge is -2.02. The predicted octanol–water partition coefficient (Wildman–Crippen LogP) is 0.409. The first kappa shape index (κ1) is 18.1. The molecule has 5 nitrogen and oxygen atoms in total. The van der Waals surface area contributed by atoms with E-state index >= 15 is 0 Å². The Hall–Kier alpha value is -0.810. The van der Waals surface area contributed by atoms with E-state index in [4.69, 9.17) is 15.6 Å². The summed E-state index contributed by atoms with van der Waals surface area (Å²) in [7, 11) is 0. The SMILES string of the molecule is CC(=O)O.CCOC(=O)[C@H](C)N.Cl. The molecule has 0 aliphatic rings. The molecule has 0 spiro atoms. The summed E-state index contributed by atoms with van der Waals surface area (Å²) in [5.74, 6) is -1.17. The summed E-state index contributed by atoms with van der Waals surface area (Å²) in [6, 6.07) is -0.491. The van der Waals surface area contributed by atoms with Gasteiger partial charge in [-0.3, -0.25) is 9.59 Å². The lowest BCUT2D eigenvalue weighted by Crippen LogP contribution is -2.28. The molecule has 1 atom stereocenters. The van der Waals surface area contributed by atoms with Gasteiger partial charge in [0.2, 0.25) is 0 Å². The van der Waals surface area contributed by atoms with E-state index < -0.39 is 12.0 Å². The van der Waals surface area contributed by atoms with Gasteiger partial charge in [0, 0.05) is 6.92 Å². The first-order chi connectivity index (χ1) is 5.41. The number of ether oxygens (including phenoxy) is 1. The molecule has 0 aromatic rings. The van der Waals surface area contributed by atoms with Crippen molar-refractivity contribution in [1.29, 1.82) is 0 Å². The fourth-order valence-electron chi connectivity index (χ4n) is 0.274. The van der Waals surface area contributed by atoms with Gasteiger partial charge in [0.15, 0.2) is 0 Å². The van der Waals surface area contributed by atoms with E-state index in [1.807, 2.05) is 0 Å². The maximum absolute atomic E-state index is 10.4. The van der Waals surface area contributed by atoms with Crippen LogP contribution in [-0.4, -0.2) is 29.7 Å². The molecule has 0 fully saturated rings. The Kier molecular flexibility index (Phi) is 15.6. The number of esters is 1. The number of rotatable bonds is 2. The summed E-state index contributed by atoms with van der Waals surface area (Å²) >= 11 is 0. The van der Waals surface area contributed by atoms with Crippen LogP contribution in [0.5, 0.6) is 0 Å². The molecule has 0 saturated carbocycles. The Morgan fingerprint density at radius 1 is 1.54 bits per heavy atom. The zero-order valence-electron chi connectivity index (χ0n) is 7.94. The van der Waals surface area contributed by atoms with Crippen LogP contribution in [0.3, 0.4) is 0 Å². The Morgan fingerprint density at radius 3 is 1.92 bits per heavy atom. The molecule has 13 heavy (non-hydrogen) atoms. The Labute approximate surface area is 83.7 Å². The van der Waals surface area contributed by atoms with Gasteiger partial charge in [0.25, 0.3) is 5.97 Å². The van der Waals surface area contributed by atoms with Crippen molar-refractivity contribution in [2.45, 2.75) is 26.8 Å². The molecular weight excluding hydrogens is 198 g/mol. The molecule has 0 bridgehead atoms. The van der Waals surface area contributed by atoms with E-state index in [1.165, 1.54) is 0 Å². The number of halogens is 1. The standard InChI is InChI=1S/C5H11NO2.C2H4O2.ClH/c1-3-8-5(7)4(2)6;1-2(3)4;/h4H,3,6H2,1-2H3;1H3,(H,3,4);1H/t4-;;/m0../s1. The lowest BCUT2D eigenvalue weighted by atomic mass is 10.4. The summed E-state index contributed by atoms with van der Waals surface area (Å²) in [5, 5.41) is 7.42. The van der Waals surface area contributed by atoms with Crippen LogP contribution in [0, 0.1) is 0 Å². The lowest BCUT2D eigenvalue weighted by molar-refractivity contribution is -0.144. The highest BCUT2D eigenvalue weighted by Gasteiger charge is 2.05. The van der Waals surface area contributed by atoms with Crippen LogP contribution in [0.1, 0.15) is 20.8 Å². The zero-order chi connectivity index (χ0) is 10.1. The molecule has 0 unspecified atom stereocenters. The molecule has 0 amide bonds. The fraction of sp³-hybridized carbons (Fsp3) is 0.714. The average molecular weight is 214 g/mol. The first-order valence-electron chi connectivity index (χ1n) is 3.53. The third kappa shape index (κ3) is 24.7. The van der Waals surface area contributed by atoms with Gasteiger partial charge in [-0.05, 0) is 13.8 Å². The number of nitrogens with two attached hydrogens (primary N) is 1. The highest BCUT2D eigenvalue weighted by molar-refractivity contribution is 5.85. The quantitative estimate of drug-likeness (QED) is 0.649. The average Bonchev–Trinajstić information content (AvgIpc) is 1.86. The van der Waals surface area contributed by atoms with Gasteiger partial charge in [-0.2, -0.15) is 0 Å². The van der Waals surface area contributed by atoms with E-state index in [-0.39, 0.29) is 18.4 Å². The number of hydrogen-bond acceptors (Lipinski definition) is 4. The van der Waals surface area contributed by atoms with Crippen molar-refractivity contribution in [3.63, 3.8) is 0 Å². The number of carbonyl (C=O) groups excluding carboxylic acids is 1.